The molecule has 0 radical (unpaired) electrons. The Morgan fingerprint density at radius 1 is 1.31 bits per heavy atom. The van der Waals surface area contributed by atoms with E-state index in [0.29, 0.717) is 6.42 Å². The van der Waals surface area contributed by atoms with E-state index in [1.54, 1.807) is 11.3 Å². The molecule has 0 saturated heterocycles. The first-order chi connectivity index (χ1) is 7.65. The molecular weight excluding hydrogens is 399 g/mol. The zero-order chi connectivity index (χ0) is 11.5. The minimum atomic E-state index is 0.170. The molecule has 0 N–H and O–H groups in total. The van der Waals surface area contributed by atoms with E-state index in [0.717, 1.165) is 14.9 Å². The Labute approximate surface area is 120 Å². The van der Waals surface area contributed by atoms with Crippen molar-refractivity contribution in [3.8, 4) is 0 Å². The van der Waals surface area contributed by atoms with E-state index in [9.17, 15) is 4.79 Å². The molecule has 1 aromatic carbocycles. The molecule has 4 heteroatoms. The van der Waals surface area contributed by atoms with Crippen molar-refractivity contribution < 1.29 is 4.79 Å². The normalized spacial score (nSPS) is 10.4. The van der Waals surface area contributed by atoms with Gasteiger partial charge in [0.2, 0.25) is 0 Å². The summed E-state index contributed by atoms with van der Waals surface area (Å²) in [6.07, 6.45) is 0.472. The van der Waals surface area contributed by atoms with Crippen LogP contribution in [0.5, 0.6) is 0 Å². The van der Waals surface area contributed by atoms with Crippen LogP contribution in [-0.4, -0.2) is 5.78 Å². The zero-order valence-electron chi connectivity index (χ0n) is 8.24. The van der Waals surface area contributed by atoms with Gasteiger partial charge in [-0.05, 0) is 62.3 Å². The predicted octanol–water partition coefficient (Wildman–Crippen LogP) is 4.54. The van der Waals surface area contributed by atoms with Crippen LogP contribution in [0.2, 0.25) is 0 Å². The Hall–Kier alpha value is -0.200. The molecule has 0 aliphatic carbocycles. The summed E-state index contributed by atoms with van der Waals surface area (Å²) in [5.74, 6) is 0.170. The Kier molecular flexibility index (Phi) is 4.16. The molecule has 1 aromatic heterocycles. The second-order valence-electron chi connectivity index (χ2n) is 3.37. The third kappa shape index (κ3) is 3.15. The Morgan fingerprint density at radius 3 is 2.56 bits per heavy atom. The average Bonchev–Trinajstić information content (AvgIpc) is 2.68. The largest absolute Gasteiger partial charge is 0.294 e. The summed E-state index contributed by atoms with van der Waals surface area (Å²) in [6, 6.07) is 9.92. The summed E-state index contributed by atoms with van der Waals surface area (Å²) in [5, 5.41) is 1.89. The molecule has 0 spiro atoms. The fraction of sp³-hybridized carbons (Fsp3) is 0.0833. The lowest BCUT2D eigenvalue weighted by Crippen LogP contribution is -2.01. The third-order valence-electron chi connectivity index (χ3n) is 2.17. The van der Waals surface area contributed by atoms with Crippen molar-refractivity contribution in [1.82, 2.24) is 0 Å². The number of carbonyl (C=O) groups is 1. The number of rotatable bonds is 3. The van der Waals surface area contributed by atoms with Gasteiger partial charge >= 0.3 is 0 Å². The van der Waals surface area contributed by atoms with Crippen molar-refractivity contribution in [2.45, 2.75) is 6.42 Å². The van der Waals surface area contributed by atoms with Crippen LogP contribution >= 0.6 is 49.9 Å². The molecule has 16 heavy (non-hydrogen) atoms. The lowest BCUT2D eigenvalue weighted by Gasteiger charge is -1.99. The minimum absolute atomic E-state index is 0.170. The van der Waals surface area contributed by atoms with Gasteiger partial charge in [-0.15, -0.1) is 11.3 Å². The van der Waals surface area contributed by atoms with Crippen LogP contribution in [-0.2, 0) is 6.42 Å². The number of carbonyl (C=O) groups excluding carboxylic acids is 1. The van der Waals surface area contributed by atoms with Gasteiger partial charge in [-0.25, -0.2) is 0 Å². The molecular formula is C12H8BrIOS. The summed E-state index contributed by atoms with van der Waals surface area (Å²) in [7, 11) is 0. The number of hydrogen-bond acceptors (Lipinski definition) is 2. The highest BCUT2D eigenvalue weighted by atomic mass is 127. The summed E-state index contributed by atoms with van der Waals surface area (Å²) in [6.45, 7) is 0. The minimum Gasteiger partial charge on any atom is -0.294 e. The molecule has 0 aliphatic rings. The predicted molar refractivity (Wildman–Crippen MR) is 79.2 cm³/mol. The molecule has 1 nitrogen and oxygen atoms in total. The van der Waals surface area contributed by atoms with Crippen LogP contribution in [0.15, 0.2) is 39.5 Å². The summed E-state index contributed by atoms with van der Waals surface area (Å²) < 4.78 is 2.19. The summed E-state index contributed by atoms with van der Waals surface area (Å²) in [4.78, 5) is 11.9. The fourth-order valence-electron chi connectivity index (χ4n) is 1.35. The summed E-state index contributed by atoms with van der Waals surface area (Å²) >= 11 is 7.16. The monoisotopic (exact) mass is 406 g/mol. The first-order valence-electron chi connectivity index (χ1n) is 4.67. The van der Waals surface area contributed by atoms with E-state index < -0.39 is 0 Å². The lowest BCUT2D eigenvalue weighted by atomic mass is 10.1. The number of ketones is 1. The van der Waals surface area contributed by atoms with E-state index >= 15 is 0 Å². The van der Waals surface area contributed by atoms with Crippen molar-refractivity contribution in [3.05, 3.63) is 54.2 Å². The van der Waals surface area contributed by atoms with E-state index in [-0.39, 0.29) is 5.78 Å². The van der Waals surface area contributed by atoms with Crippen LogP contribution in [0.3, 0.4) is 0 Å². The Balaban J connectivity index is 2.10. The highest BCUT2D eigenvalue weighted by molar-refractivity contribution is 14.1. The first-order valence-corrected chi connectivity index (χ1v) is 7.42. The number of hydrogen-bond donors (Lipinski definition) is 0. The quantitative estimate of drug-likeness (QED) is 0.540. The SMILES string of the molecule is O=C(Cc1ccc(I)cc1)c1csc(Br)c1. The molecule has 0 fully saturated rings. The van der Waals surface area contributed by atoms with Gasteiger partial charge < -0.3 is 0 Å². The maximum absolute atomic E-state index is 11.9. The van der Waals surface area contributed by atoms with Crippen molar-refractivity contribution in [2.75, 3.05) is 0 Å². The Morgan fingerprint density at radius 2 is 2.00 bits per heavy atom. The average molecular weight is 407 g/mol. The number of benzene rings is 1. The molecule has 0 amide bonds. The summed E-state index contributed by atoms with van der Waals surface area (Å²) in [5.41, 5.74) is 1.85. The van der Waals surface area contributed by atoms with Gasteiger partial charge in [-0.2, -0.15) is 0 Å². The smallest absolute Gasteiger partial charge is 0.168 e. The lowest BCUT2D eigenvalue weighted by molar-refractivity contribution is 0.0993. The molecule has 0 aliphatic heterocycles. The fourth-order valence-corrected chi connectivity index (χ4v) is 2.87. The van der Waals surface area contributed by atoms with Crippen molar-refractivity contribution in [1.29, 1.82) is 0 Å². The van der Waals surface area contributed by atoms with Gasteiger partial charge in [0.15, 0.2) is 5.78 Å². The van der Waals surface area contributed by atoms with Gasteiger partial charge in [-0.1, -0.05) is 12.1 Å². The highest BCUT2D eigenvalue weighted by Crippen LogP contribution is 2.22. The molecule has 2 aromatic rings. The molecule has 1 heterocycles. The zero-order valence-corrected chi connectivity index (χ0v) is 12.8. The van der Waals surface area contributed by atoms with E-state index in [1.807, 2.05) is 35.7 Å². The topological polar surface area (TPSA) is 17.1 Å². The maximum Gasteiger partial charge on any atom is 0.168 e. The number of halogens is 2. The van der Waals surface area contributed by atoms with Crippen LogP contribution < -0.4 is 0 Å². The molecule has 2 rings (SSSR count). The highest BCUT2D eigenvalue weighted by Gasteiger charge is 2.08. The van der Waals surface area contributed by atoms with Gasteiger partial charge in [0, 0.05) is 20.9 Å². The third-order valence-corrected chi connectivity index (χ3v) is 4.39. The first kappa shape index (κ1) is 12.3. The number of Topliss-reactive ketones (excluding diaryl/α,β-unsaturated/α-hetero) is 1. The number of thiophene rings is 1. The van der Waals surface area contributed by atoms with Crippen molar-refractivity contribution in [2.24, 2.45) is 0 Å². The van der Waals surface area contributed by atoms with Crippen molar-refractivity contribution in [3.63, 3.8) is 0 Å². The van der Waals surface area contributed by atoms with Crippen molar-refractivity contribution >= 4 is 55.6 Å². The van der Waals surface area contributed by atoms with Crippen LogP contribution in [0.25, 0.3) is 0 Å². The van der Waals surface area contributed by atoms with Gasteiger partial charge in [0.05, 0.1) is 3.79 Å². The molecule has 0 saturated carbocycles. The molecule has 0 bridgehead atoms. The molecule has 0 atom stereocenters. The van der Waals surface area contributed by atoms with Crippen LogP contribution in [0, 0.1) is 3.57 Å². The molecule has 0 unspecified atom stereocenters. The maximum atomic E-state index is 11.9. The van der Waals surface area contributed by atoms with E-state index in [1.165, 1.54) is 3.57 Å². The standard InChI is InChI=1S/C12H8BrIOS/c13-12-6-9(7-16-12)11(15)5-8-1-3-10(14)4-2-8/h1-4,6-7H,5H2. The van der Waals surface area contributed by atoms with E-state index in [2.05, 4.69) is 38.5 Å². The second kappa shape index (κ2) is 5.42. The van der Waals surface area contributed by atoms with E-state index in [4.69, 9.17) is 0 Å². The van der Waals surface area contributed by atoms with Gasteiger partial charge in [-0.3, -0.25) is 4.79 Å². The van der Waals surface area contributed by atoms with Crippen LogP contribution in [0.4, 0.5) is 0 Å². The Bertz CT molecular complexity index is 504. The second-order valence-corrected chi connectivity index (χ2v) is 6.90. The molecule has 82 valence electrons. The van der Waals surface area contributed by atoms with Crippen LogP contribution in [0.1, 0.15) is 15.9 Å². The van der Waals surface area contributed by atoms with Gasteiger partial charge in [0.25, 0.3) is 0 Å². The van der Waals surface area contributed by atoms with Gasteiger partial charge in [0.1, 0.15) is 0 Å².